The second-order valence-electron chi connectivity index (χ2n) is 3.36. The van der Waals surface area contributed by atoms with Gasteiger partial charge in [-0.15, -0.1) is 0 Å². The Morgan fingerprint density at radius 3 is 2.92 bits per heavy atom. The zero-order valence-electron chi connectivity index (χ0n) is 7.69. The summed E-state index contributed by atoms with van der Waals surface area (Å²) in [7, 11) is -1.05. The topological polar surface area (TPSA) is 38.7 Å². The second kappa shape index (κ2) is 3.29. The molecule has 0 atom stereocenters. The van der Waals surface area contributed by atoms with Gasteiger partial charge < -0.3 is 14.3 Å². The lowest BCUT2D eigenvalue weighted by atomic mass is 9.96. The molecule has 1 heterocycles. The van der Waals surface area contributed by atoms with Gasteiger partial charge in [-0.2, -0.15) is 0 Å². The maximum atomic E-state index is 8.91. The quantitative estimate of drug-likeness (QED) is 0.667. The van der Waals surface area contributed by atoms with Crippen molar-refractivity contribution in [3.05, 3.63) is 23.8 Å². The van der Waals surface area contributed by atoms with E-state index in [4.69, 9.17) is 14.3 Å². The highest BCUT2D eigenvalue weighted by Gasteiger charge is 2.52. The fraction of sp³-hybridized carbons (Fsp3) is 0.556. The minimum Gasteiger partial charge on any atom is -0.401 e. The fourth-order valence-electron chi connectivity index (χ4n) is 1.68. The van der Waals surface area contributed by atoms with Crippen molar-refractivity contribution >= 4 is 7.32 Å². The molecule has 0 amide bonds. The molecule has 13 heavy (non-hydrogen) atoms. The Morgan fingerprint density at radius 2 is 2.31 bits per heavy atom. The van der Waals surface area contributed by atoms with Crippen LogP contribution in [0, 0.1) is 0 Å². The molecule has 0 aromatic heterocycles. The SMILES string of the molecule is CCCCC1=CC=CC12OB(O)O2. The third-order valence-corrected chi connectivity index (χ3v) is 2.41. The van der Waals surface area contributed by atoms with Crippen LogP contribution in [0.25, 0.3) is 0 Å². The number of hydrogen-bond acceptors (Lipinski definition) is 3. The molecule has 0 aromatic carbocycles. The molecule has 3 nitrogen and oxygen atoms in total. The zero-order valence-corrected chi connectivity index (χ0v) is 7.69. The molecule has 0 unspecified atom stereocenters. The van der Waals surface area contributed by atoms with Crippen LogP contribution in [0.15, 0.2) is 23.8 Å². The summed E-state index contributed by atoms with van der Waals surface area (Å²) in [5.74, 6) is -0.714. The summed E-state index contributed by atoms with van der Waals surface area (Å²) in [4.78, 5) is 0. The minimum atomic E-state index is -1.05. The van der Waals surface area contributed by atoms with Crippen LogP contribution in [-0.2, 0) is 9.31 Å². The maximum absolute atomic E-state index is 8.91. The van der Waals surface area contributed by atoms with E-state index in [0.717, 1.165) is 24.8 Å². The zero-order chi connectivity index (χ0) is 9.31. The van der Waals surface area contributed by atoms with Crippen LogP contribution in [0.4, 0.5) is 0 Å². The minimum absolute atomic E-state index is 0.714. The van der Waals surface area contributed by atoms with Crippen LogP contribution < -0.4 is 0 Å². The summed E-state index contributed by atoms with van der Waals surface area (Å²) in [5, 5.41) is 8.91. The van der Waals surface area contributed by atoms with Gasteiger partial charge in [-0.25, -0.2) is 0 Å². The van der Waals surface area contributed by atoms with Crippen molar-refractivity contribution in [3.63, 3.8) is 0 Å². The third kappa shape index (κ3) is 1.45. The highest BCUT2D eigenvalue weighted by molar-refractivity contribution is 6.37. The monoisotopic (exact) mass is 180 g/mol. The van der Waals surface area contributed by atoms with E-state index in [1.165, 1.54) is 0 Å². The van der Waals surface area contributed by atoms with Gasteiger partial charge in [-0.1, -0.05) is 25.5 Å². The molecule has 0 bridgehead atoms. The molecule has 1 N–H and O–H groups in total. The molecule has 0 saturated carbocycles. The summed E-state index contributed by atoms with van der Waals surface area (Å²) in [5.41, 5.74) is 1.11. The van der Waals surface area contributed by atoms with Crippen LogP contribution in [0.1, 0.15) is 26.2 Å². The highest BCUT2D eigenvalue weighted by Crippen LogP contribution is 2.39. The maximum Gasteiger partial charge on any atom is 0.641 e. The van der Waals surface area contributed by atoms with Crippen molar-refractivity contribution in [1.82, 2.24) is 0 Å². The normalized spacial score (nSPS) is 23.5. The summed E-state index contributed by atoms with van der Waals surface area (Å²) in [6.45, 7) is 2.15. The lowest BCUT2D eigenvalue weighted by molar-refractivity contribution is -0.181. The first-order valence-corrected chi connectivity index (χ1v) is 4.69. The first-order chi connectivity index (χ1) is 6.27. The van der Waals surface area contributed by atoms with E-state index in [1.807, 2.05) is 18.2 Å². The molecule has 1 aliphatic carbocycles. The molecule has 1 spiro atoms. The first-order valence-electron chi connectivity index (χ1n) is 4.69. The van der Waals surface area contributed by atoms with E-state index in [2.05, 4.69) is 6.92 Å². The predicted molar refractivity (Wildman–Crippen MR) is 49.6 cm³/mol. The van der Waals surface area contributed by atoms with E-state index < -0.39 is 13.1 Å². The molecule has 2 aliphatic rings. The van der Waals surface area contributed by atoms with Crippen molar-refractivity contribution in [2.24, 2.45) is 0 Å². The van der Waals surface area contributed by atoms with Gasteiger partial charge in [-0.3, -0.25) is 0 Å². The molecule has 0 radical (unpaired) electrons. The van der Waals surface area contributed by atoms with Crippen molar-refractivity contribution in [2.45, 2.75) is 32.0 Å². The largest absolute Gasteiger partial charge is 0.641 e. The van der Waals surface area contributed by atoms with E-state index >= 15 is 0 Å². The molecule has 1 fully saturated rings. The highest BCUT2D eigenvalue weighted by atomic mass is 16.9. The predicted octanol–water partition coefficient (Wildman–Crippen LogP) is 1.39. The van der Waals surface area contributed by atoms with Gasteiger partial charge in [-0.05, 0) is 24.5 Å². The van der Waals surface area contributed by atoms with Crippen LogP contribution in [-0.4, -0.2) is 18.1 Å². The third-order valence-electron chi connectivity index (χ3n) is 2.41. The lowest BCUT2D eigenvalue weighted by Crippen LogP contribution is -2.56. The molecule has 2 rings (SSSR count). The summed E-state index contributed by atoms with van der Waals surface area (Å²) in [6, 6.07) is 0. The van der Waals surface area contributed by atoms with Crippen molar-refractivity contribution in [1.29, 1.82) is 0 Å². The van der Waals surface area contributed by atoms with Gasteiger partial charge >= 0.3 is 7.32 Å². The molecule has 70 valence electrons. The van der Waals surface area contributed by atoms with Gasteiger partial charge in [0, 0.05) is 0 Å². The van der Waals surface area contributed by atoms with Crippen LogP contribution in [0.2, 0.25) is 0 Å². The Morgan fingerprint density at radius 1 is 1.54 bits per heavy atom. The second-order valence-corrected chi connectivity index (χ2v) is 3.36. The Bertz CT molecular complexity index is 254. The Labute approximate surface area is 78.2 Å². The summed E-state index contributed by atoms with van der Waals surface area (Å²) in [6.07, 6.45) is 8.99. The lowest BCUT2D eigenvalue weighted by Gasteiger charge is -2.41. The molecule has 4 heteroatoms. The standard InChI is InChI=1S/C9H13BO3/c1-2-3-5-8-6-4-7-9(8)12-10(11)13-9/h4,6-7,11H,2-3,5H2,1H3. The molecule has 0 aromatic rings. The van der Waals surface area contributed by atoms with Gasteiger partial charge in [0.05, 0.1) is 0 Å². The molecule has 1 saturated heterocycles. The van der Waals surface area contributed by atoms with E-state index in [0.29, 0.717) is 0 Å². The molecular weight excluding hydrogens is 167 g/mol. The average Bonchev–Trinajstić information content (AvgIpc) is 2.44. The Kier molecular flexibility index (Phi) is 2.28. The van der Waals surface area contributed by atoms with Gasteiger partial charge in [0.1, 0.15) is 0 Å². The fourth-order valence-corrected chi connectivity index (χ4v) is 1.68. The van der Waals surface area contributed by atoms with Gasteiger partial charge in [0.15, 0.2) is 5.79 Å². The smallest absolute Gasteiger partial charge is 0.401 e. The average molecular weight is 180 g/mol. The van der Waals surface area contributed by atoms with Gasteiger partial charge in [0.25, 0.3) is 0 Å². The van der Waals surface area contributed by atoms with Crippen molar-refractivity contribution in [2.75, 3.05) is 0 Å². The van der Waals surface area contributed by atoms with Crippen LogP contribution in [0.5, 0.6) is 0 Å². The number of allylic oxidation sites excluding steroid dienone is 2. The molecular formula is C9H13BO3. The number of hydrogen-bond donors (Lipinski definition) is 1. The first kappa shape index (κ1) is 9.00. The number of rotatable bonds is 3. The molecule has 1 aliphatic heterocycles. The summed E-state index contributed by atoms with van der Waals surface area (Å²) >= 11 is 0. The van der Waals surface area contributed by atoms with Crippen molar-refractivity contribution < 1.29 is 14.3 Å². The number of unbranched alkanes of at least 4 members (excludes halogenated alkanes) is 1. The van der Waals surface area contributed by atoms with Crippen LogP contribution in [0.3, 0.4) is 0 Å². The van der Waals surface area contributed by atoms with E-state index in [-0.39, 0.29) is 0 Å². The van der Waals surface area contributed by atoms with Gasteiger partial charge in [0.2, 0.25) is 0 Å². The van der Waals surface area contributed by atoms with E-state index in [9.17, 15) is 0 Å². The van der Waals surface area contributed by atoms with E-state index in [1.54, 1.807) is 0 Å². The van der Waals surface area contributed by atoms with Crippen molar-refractivity contribution in [3.8, 4) is 0 Å². The Hall–Kier alpha value is -0.575. The summed E-state index contributed by atoms with van der Waals surface area (Å²) < 4.78 is 10.4. The Balaban J connectivity index is 1.97. The van der Waals surface area contributed by atoms with Crippen LogP contribution >= 0.6 is 0 Å².